The Morgan fingerprint density at radius 1 is 1.32 bits per heavy atom. The van der Waals surface area contributed by atoms with Crippen LogP contribution in [0.2, 0.25) is 0 Å². The average Bonchev–Trinajstić information content (AvgIpc) is 2.92. The van der Waals surface area contributed by atoms with E-state index in [0.29, 0.717) is 11.8 Å². The molecular weight excluding hydrogens is 387 g/mol. The topological polar surface area (TPSA) is 40.5 Å². The SMILES string of the molecule is Cc1ccncc1N1N=CC(C(C)C)C1NC1=CC=CC=I1. The first-order chi connectivity index (χ1) is 10.7. The summed E-state index contributed by atoms with van der Waals surface area (Å²) in [6.07, 6.45) is 12.4. The van der Waals surface area contributed by atoms with Gasteiger partial charge in [0, 0.05) is 18.3 Å². The molecule has 0 spiro atoms. The summed E-state index contributed by atoms with van der Waals surface area (Å²) in [6.45, 7) is 6.61. The normalized spacial score (nSPS) is 23.6. The zero-order valence-corrected chi connectivity index (χ0v) is 15.2. The second-order valence-corrected chi connectivity index (χ2v) is 8.32. The molecule has 2 aliphatic rings. The summed E-state index contributed by atoms with van der Waals surface area (Å²) in [5.74, 6) is 0.917. The molecule has 0 amide bonds. The molecule has 5 heteroatoms. The van der Waals surface area contributed by atoms with Gasteiger partial charge in [0.05, 0.1) is 15.6 Å². The van der Waals surface area contributed by atoms with Crippen LogP contribution in [0.4, 0.5) is 5.69 Å². The zero-order chi connectivity index (χ0) is 15.5. The molecule has 0 radical (unpaired) electrons. The van der Waals surface area contributed by atoms with Crippen molar-refractivity contribution < 1.29 is 0 Å². The van der Waals surface area contributed by atoms with Crippen LogP contribution in [0.15, 0.2) is 45.5 Å². The number of hydrogen-bond acceptors (Lipinski definition) is 4. The molecule has 1 N–H and O–H groups in total. The number of aromatic nitrogens is 1. The summed E-state index contributed by atoms with van der Waals surface area (Å²) in [7, 11) is 0. The predicted octanol–water partition coefficient (Wildman–Crippen LogP) is 3.57. The molecule has 0 saturated carbocycles. The lowest BCUT2D eigenvalue weighted by Gasteiger charge is -2.31. The van der Waals surface area contributed by atoms with Crippen molar-refractivity contribution in [1.82, 2.24) is 10.3 Å². The van der Waals surface area contributed by atoms with E-state index >= 15 is 0 Å². The molecule has 0 aliphatic carbocycles. The number of rotatable bonds is 4. The fourth-order valence-electron chi connectivity index (χ4n) is 2.61. The van der Waals surface area contributed by atoms with Gasteiger partial charge in [-0.25, -0.2) is 5.01 Å². The van der Waals surface area contributed by atoms with E-state index in [2.05, 4.69) is 69.6 Å². The number of hydrogen-bond donors (Lipinski definition) is 1. The summed E-state index contributed by atoms with van der Waals surface area (Å²) in [5.41, 5.74) is 2.27. The third-order valence-electron chi connectivity index (χ3n) is 3.91. The first kappa shape index (κ1) is 15.4. The monoisotopic (exact) mass is 408 g/mol. The van der Waals surface area contributed by atoms with Gasteiger partial charge in [-0.15, -0.1) is 0 Å². The van der Waals surface area contributed by atoms with Crippen LogP contribution in [0, 0.1) is 18.8 Å². The lowest BCUT2D eigenvalue weighted by Crippen LogP contribution is -2.45. The van der Waals surface area contributed by atoms with Gasteiger partial charge in [0.15, 0.2) is 0 Å². The van der Waals surface area contributed by atoms with E-state index in [9.17, 15) is 0 Å². The summed E-state index contributed by atoms with van der Waals surface area (Å²) >= 11 is -0.0656. The number of hydrazone groups is 1. The van der Waals surface area contributed by atoms with Crippen molar-refractivity contribution >= 4 is 36.6 Å². The predicted molar refractivity (Wildman–Crippen MR) is 103 cm³/mol. The van der Waals surface area contributed by atoms with Gasteiger partial charge in [-0.05, 0) is 34.6 Å². The molecule has 22 heavy (non-hydrogen) atoms. The molecule has 2 aliphatic heterocycles. The van der Waals surface area contributed by atoms with Gasteiger partial charge in [-0.3, -0.25) is 4.98 Å². The Morgan fingerprint density at radius 3 is 2.86 bits per heavy atom. The average molecular weight is 408 g/mol. The maximum atomic E-state index is 4.68. The van der Waals surface area contributed by atoms with Crippen LogP contribution in [-0.4, -0.2) is 21.4 Å². The van der Waals surface area contributed by atoms with Crippen LogP contribution >= 0.6 is 20.7 Å². The van der Waals surface area contributed by atoms with E-state index in [1.165, 1.54) is 9.27 Å². The molecule has 4 nitrogen and oxygen atoms in total. The van der Waals surface area contributed by atoms with Gasteiger partial charge in [-0.2, -0.15) is 5.10 Å². The van der Waals surface area contributed by atoms with Crippen LogP contribution in [0.3, 0.4) is 0 Å². The van der Waals surface area contributed by atoms with Gasteiger partial charge >= 0.3 is 0 Å². The molecular formula is C17H21IN4. The van der Waals surface area contributed by atoms with Gasteiger partial charge in [0.25, 0.3) is 0 Å². The quantitative estimate of drug-likeness (QED) is 0.612. The molecule has 0 bridgehead atoms. The minimum Gasteiger partial charge on any atom is -0.359 e. The molecule has 116 valence electrons. The molecule has 0 fully saturated rings. The summed E-state index contributed by atoms with van der Waals surface area (Å²) in [6, 6.07) is 2.04. The Bertz CT molecular complexity index is 660. The summed E-state index contributed by atoms with van der Waals surface area (Å²) in [4.78, 5) is 4.27. The maximum Gasteiger partial charge on any atom is 0.129 e. The Labute approximate surface area is 141 Å². The fourth-order valence-corrected chi connectivity index (χ4v) is 4.36. The van der Waals surface area contributed by atoms with Crippen molar-refractivity contribution in [1.29, 1.82) is 0 Å². The van der Waals surface area contributed by atoms with Crippen molar-refractivity contribution in [2.75, 3.05) is 5.01 Å². The fraction of sp³-hybridized carbons (Fsp3) is 0.353. The number of aryl methyl sites for hydroxylation is 1. The highest BCUT2D eigenvalue weighted by atomic mass is 127. The highest BCUT2D eigenvalue weighted by Crippen LogP contribution is 2.31. The number of allylic oxidation sites excluding steroid dienone is 3. The Hall–Kier alpha value is -1.50. The first-order valence-electron chi connectivity index (χ1n) is 7.51. The minimum atomic E-state index is -0.0656. The molecule has 1 aromatic heterocycles. The Morgan fingerprint density at radius 2 is 2.18 bits per heavy atom. The van der Waals surface area contributed by atoms with Crippen molar-refractivity contribution in [3.05, 3.63) is 46.0 Å². The smallest absolute Gasteiger partial charge is 0.129 e. The maximum absolute atomic E-state index is 4.68. The van der Waals surface area contributed by atoms with Crippen LogP contribution < -0.4 is 10.3 Å². The van der Waals surface area contributed by atoms with E-state index in [1.807, 2.05) is 18.5 Å². The van der Waals surface area contributed by atoms with Gasteiger partial charge in [0.1, 0.15) is 6.17 Å². The summed E-state index contributed by atoms with van der Waals surface area (Å²) < 4.78 is 3.62. The van der Waals surface area contributed by atoms with E-state index in [0.717, 1.165) is 5.69 Å². The number of anilines is 1. The third-order valence-corrected chi connectivity index (χ3v) is 6.03. The highest BCUT2D eigenvalue weighted by Gasteiger charge is 2.34. The van der Waals surface area contributed by atoms with E-state index in [1.54, 1.807) is 0 Å². The molecule has 1 aromatic rings. The van der Waals surface area contributed by atoms with Crippen molar-refractivity contribution in [3.63, 3.8) is 0 Å². The van der Waals surface area contributed by atoms with E-state index in [4.69, 9.17) is 0 Å². The number of halogens is 1. The first-order valence-corrected chi connectivity index (χ1v) is 9.83. The second kappa shape index (κ2) is 6.73. The molecule has 0 saturated heterocycles. The van der Waals surface area contributed by atoms with Gasteiger partial charge < -0.3 is 5.32 Å². The van der Waals surface area contributed by atoms with E-state index < -0.39 is 0 Å². The van der Waals surface area contributed by atoms with Crippen LogP contribution in [0.1, 0.15) is 19.4 Å². The molecule has 3 rings (SSSR count). The lowest BCUT2D eigenvalue weighted by atomic mass is 9.94. The standard InChI is InChI=1S/C17H21IN4/c1-12(2)14-10-20-22(15-11-19-9-7-13(15)3)17(14)21-16-6-4-5-8-18-16/h4-12,14,17,21H,1-3H3. The Balaban J connectivity index is 1.90. The number of nitrogens with one attached hydrogen (secondary N) is 1. The number of pyridine rings is 1. The van der Waals surface area contributed by atoms with Crippen LogP contribution in [0.25, 0.3) is 0 Å². The van der Waals surface area contributed by atoms with Crippen molar-refractivity contribution in [2.45, 2.75) is 26.9 Å². The lowest BCUT2D eigenvalue weighted by molar-refractivity contribution is 0.394. The molecule has 0 aromatic carbocycles. The van der Waals surface area contributed by atoms with Crippen LogP contribution in [-0.2, 0) is 0 Å². The largest absolute Gasteiger partial charge is 0.359 e. The highest BCUT2D eigenvalue weighted by molar-refractivity contribution is 14.2. The summed E-state index contributed by atoms with van der Waals surface area (Å²) in [5, 5.41) is 10.5. The third kappa shape index (κ3) is 3.14. The molecule has 2 atom stereocenters. The van der Waals surface area contributed by atoms with Crippen LogP contribution in [0.5, 0.6) is 0 Å². The van der Waals surface area contributed by atoms with E-state index in [-0.39, 0.29) is 26.9 Å². The number of nitrogens with zero attached hydrogens (tertiary/aromatic N) is 3. The van der Waals surface area contributed by atoms with Gasteiger partial charge in [-0.1, -0.05) is 46.7 Å². The molecule has 3 heterocycles. The van der Waals surface area contributed by atoms with Gasteiger partial charge in [0.2, 0.25) is 0 Å². The van der Waals surface area contributed by atoms with Crippen molar-refractivity contribution in [3.8, 4) is 0 Å². The van der Waals surface area contributed by atoms with Crippen molar-refractivity contribution in [2.24, 2.45) is 16.9 Å². The Kier molecular flexibility index (Phi) is 4.71. The second-order valence-electron chi connectivity index (χ2n) is 5.82. The minimum absolute atomic E-state index is 0.0656. The zero-order valence-electron chi connectivity index (χ0n) is 13.1. The molecule has 2 unspecified atom stereocenters.